The van der Waals surface area contributed by atoms with Gasteiger partial charge in [-0.2, -0.15) is 0 Å². The SMILES string of the molecule is CC(C)C(NC(=O)CCOCCOCCOCCN1C(=O)C=CC1=O)C(=O)NCC=O. The molecule has 0 saturated carbocycles. The summed E-state index contributed by atoms with van der Waals surface area (Å²) in [6.07, 6.45) is 3.13. The van der Waals surface area contributed by atoms with Crippen molar-refractivity contribution in [1.82, 2.24) is 15.5 Å². The molecule has 0 aromatic carbocycles. The minimum absolute atomic E-state index is 0.0933. The number of ether oxygens (including phenoxy) is 3. The zero-order valence-corrected chi connectivity index (χ0v) is 18.0. The summed E-state index contributed by atoms with van der Waals surface area (Å²) in [5.41, 5.74) is 0. The fraction of sp³-hybridized carbons (Fsp3) is 0.650. The van der Waals surface area contributed by atoms with Crippen LogP contribution in [0.5, 0.6) is 0 Å². The summed E-state index contributed by atoms with van der Waals surface area (Å²) in [4.78, 5) is 58.0. The molecule has 1 aliphatic rings. The summed E-state index contributed by atoms with van der Waals surface area (Å²) in [7, 11) is 0. The minimum atomic E-state index is -0.714. The molecule has 31 heavy (non-hydrogen) atoms. The fourth-order valence-corrected chi connectivity index (χ4v) is 2.55. The standard InChI is InChI=1S/C20H31N3O8/c1-15(2)19(20(28)21-6-8-24)22-16(25)5-9-29-11-13-31-14-12-30-10-7-23-17(26)3-4-18(23)27/h3-4,8,15,19H,5-7,9-14H2,1-2H3,(H,21,28)(H,22,25). The van der Waals surface area contributed by atoms with Crippen LogP contribution < -0.4 is 10.6 Å². The van der Waals surface area contributed by atoms with E-state index in [4.69, 9.17) is 14.2 Å². The predicted molar refractivity (Wildman–Crippen MR) is 109 cm³/mol. The Bertz CT molecular complexity index is 632. The second kappa shape index (κ2) is 15.2. The van der Waals surface area contributed by atoms with Crippen LogP contribution in [0.15, 0.2) is 12.2 Å². The lowest BCUT2D eigenvalue weighted by Crippen LogP contribution is -2.50. The summed E-state index contributed by atoms with van der Waals surface area (Å²) >= 11 is 0. The molecule has 2 N–H and O–H groups in total. The number of amides is 4. The first kappa shape index (κ1) is 26.4. The molecule has 1 atom stereocenters. The van der Waals surface area contributed by atoms with Crippen molar-refractivity contribution in [3.8, 4) is 0 Å². The molecule has 1 rings (SSSR count). The normalized spacial score (nSPS) is 14.2. The number of carbonyl (C=O) groups excluding carboxylic acids is 5. The third kappa shape index (κ3) is 10.8. The molecule has 0 radical (unpaired) electrons. The van der Waals surface area contributed by atoms with Crippen molar-refractivity contribution >= 4 is 29.9 Å². The van der Waals surface area contributed by atoms with Crippen LogP contribution in [0.3, 0.4) is 0 Å². The van der Waals surface area contributed by atoms with E-state index in [2.05, 4.69) is 10.6 Å². The van der Waals surface area contributed by atoms with Crippen LogP contribution in [-0.4, -0.2) is 93.6 Å². The lowest BCUT2D eigenvalue weighted by molar-refractivity contribution is -0.137. The monoisotopic (exact) mass is 441 g/mol. The Kier molecular flexibility index (Phi) is 13.0. The Morgan fingerprint density at radius 3 is 2.06 bits per heavy atom. The van der Waals surface area contributed by atoms with E-state index < -0.39 is 11.9 Å². The van der Waals surface area contributed by atoms with Gasteiger partial charge in [-0.1, -0.05) is 13.8 Å². The first-order chi connectivity index (χ1) is 14.9. The van der Waals surface area contributed by atoms with Gasteiger partial charge in [-0.25, -0.2) is 0 Å². The highest BCUT2D eigenvalue weighted by Gasteiger charge is 2.24. The van der Waals surface area contributed by atoms with Gasteiger partial charge in [0.2, 0.25) is 11.8 Å². The predicted octanol–water partition coefficient (Wildman–Crippen LogP) is -1.19. The quantitative estimate of drug-likeness (QED) is 0.163. The minimum Gasteiger partial charge on any atom is -0.379 e. The number of hydrogen-bond donors (Lipinski definition) is 2. The first-order valence-electron chi connectivity index (χ1n) is 10.1. The molecule has 0 saturated heterocycles. The fourth-order valence-electron chi connectivity index (χ4n) is 2.55. The Hall–Kier alpha value is -2.63. The van der Waals surface area contributed by atoms with E-state index >= 15 is 0 Å². The Labute approximate surface area is 181 Å². The first-order valence-corrected chi connectivity index (χ1v) is 10.1. The molecule has 1 unspecified atom stereocenters. The summed E-state index contributed by atoms with van der Waals surface area (Å²) in [5.74, 6) is -1.52. The van der Waals surface area contributed by atoms with Crippen molar-refractivity contribution in [2.24, 2.45) is 5.92 Å². The number of imide groups is 1. The van der Waals surface area contributed by atoms with Crippen LogP contribution in [0.2, 0.25) is 0 Å². The topological polar surface area (TPSA) is 140 Å². The summed E-state index contributed by atoms with van der Waals surface area (Å²) < 4.78 is 16.0. The van der Waals surface area contributed by atoms with Crippen LogP contribution in [0, 0.1) is 5.92 Å². The van der Waals surface area contributed by atoms with Gasteiger partial charge >= 0.3 is 0 Å². The van der Waals surface area contributed by atoms with Crippen molar-refractivity contribution in [2.45, 2.75) is 26.3 Å². The third-order valence-corrected chi connectivity index (χ3v) is 4.20. The van der Waals surface area contributed by atoms with E-state index in [-0.39, 0.29) is 56.4 Å². The number of rotatable bonds is 17. The highest BCUT2D eigenvalue weighted by Crippen LogP contribution is 2.03. The molecule has 0 bridgehead atoms. The van der Waals surface area contributed by atoms with Gasteiger partial charge in [-0.15, -0.1) is 0 Å². The molecule has 0 aliphatic carbocycles. The lowest BCUT2D eigenvalue weighted by atomic mass is 10.0. The van der Waals surface area contributed by atoms with Crippen LogP contribution >= 0.6 is 0 Å². The van der Waals surface area contributed by atoms with Crippen molar-refractivity contribution in [2.75, 3.05) is 52.7 Å². The molecule has 11 nitrogen and oxygen atoms in total. The smallest absolute Gasteiger partial charge is 0.253 e. The maximum Gasteiger partial charge on any atom is 0.253 e. The maximum atomic E-state index is 12.0. The van der Waals surface area contributed by atoms with Gasteiger partial charge in [0.1, 0.15) is 12.3 Å². The number of carbonyl (C=O) groups is 5. The molecular weight excluding hydrogens is 410 g/mol. The van der Waals surface area contributed by atoms with Crippen molar-refractivity contribution < 1.29 is 38.2 Å². The van der Waals surface area contributed by atoms with Crippen molar-refractivity contribution in [3.63, 3.8) is 0 Å². The molecule has 174 valence electrons. The highest BCUT2D eigenvalue weighted by atomic mass is 16.5. The van der Waals surface area contributed by atoms with E-state index in [9.17, 15) is 24.0 Å². The van der Waals surface area contributed by atoms with E-state index in [1.165, 1.54) is 12.2 Å². The molecule has 0 fully saturated rings. The van der Waals surface area contributed by atoms with Gasteiger partial charge in [-0.3, -0.25) is 24.1 Å². The van der Waals surface area contributed by atoms with Crippen molar-refractivity contribution in [3.05, 3.63) is 12.2 Å². The molecular formula is C20H31N3O8. The van der Waals surface area contributed by atoms with Crippen LogP contribution in [0.1, 0.15) is 20.3 Å². The number of aldehydes is 1. The molecule has 1 heterocycles. The van der Waals surface area contributed by atoms with Gasteiger partial charge in [-0.05, 0) is 5.92 Å². The Balaban J connectivity index is 1.99. The van der Waals surface area contributed by atoms with Gasteiger partial charge in [0.05, 0.1) is 52.7 Å². The van der Waals surface area contributed by atoms with Crippen LogP contribution in [0.25, 0.3) is 0 Å². The number of nitrogens with zero attached hydrogens (tertiary/aromatic N) is 1. The van der Waals surface area contributed by atoms with E-state index in [1.807, 2.05) is 0 Å². The van der Waals surface area contributed by atoms with E-state index in [1.54, 1.807) is 13.8 Å². The summed E-state index contributed by atoms with van der Waals surface area (Å²) in [6.45, 7) is 5.37. The lowest BCUT2D eigenvalue weighted by Gasteiger charge is -2.21. The molecule has 0 aromatic heterocycles. The van der Waals surface area contributed by atoms with Gasteiger partial charge < -0.3 is 29.6 Å². The largest absolute Gasteiger partial charge is 0.379 e. The Morgan fingerprint density at radius 1 is 0.968 bits per heavy atom. The zero-order valence-electron chi connectivity index (χ0n) is 18.0. The number of nitrogens with one attached hydrogen (secondary N) is 2. The van der Waals surface area contributed by atoms with Gasteiger partial charge in [0.15, 0.2) is 0 Å². The summed E-state index contributed by atoms with van der Waals surface area (Å²) in [6, 6.07) is -0.714. The molecule has 1 aliphatic heterocycles. The second-order valence-corrected chi connectivity index (χ2v) is 6.95. The van der Waals surface area contributed by atoms with Crippen LogP contribution in [-0.2, 0) is 38.2 Å². The maximum absolute atomic E-state index is 12.0. The van der Waals surface area contributed by atoms with Gasteiger partial charge in [0.25, 0.3) is 11.8 Å². The van der Waals surface area contributed by atoms with E-state index in [0.29, 0.717) is 32.7 Å². The van der Waals surface area contributed by atoms with E-state index in [0.717, 1.165) is 4.90 Å². The summed E-state index contributed by atoms with van der Waals surface area (Å²) in [5, 5.41) is 5.07. The molecule has 11 heteroatoms. The second-order valence-electron chi connectivity index (χ2n) is 6.95. The van der Waals surface area contributed by atoms with Gasteiger partial charge in [0, 0.05) is 18.6 Å². The average molecular weight is 441 g/mol. The highest BCUT2D eigenvalue weighted by molar-refractivity contribution is 6.12. The molecule has 0 aromatic rings. The molecule has 4 amide bonds. The molecule has 0 spiro atoms. The average Bonchev–Trinajstić information content (AvgIpc) is 3.05. The number of hydrogen-bond acceptors (Lipinski definition) is 8. The van der Waals surface area contributed by atoms with Crippen molar-refractivity contribution in [1.29, 1.82) is 0 Å². The third-order valence-electron chi connectivity index (χ3n) is 4.20. The van der Waals surface area contributed by atoms with Crippen LogP contribution in [0.4, 0.5) is 0 Å². The Morgan fingerprint density at radius 2 is 1.52 bits per heavy atom. The zero-order chi connectivity index (χ0) is 23.1.